The van der Waals surface area contributed by atoms with E-state index < -0.39 is 17.0 Å². The molecule has 0 aliphatic rings. The van der Waals surface area contributed by atoms with E-state index in [2.05, 4.69) is 4.99 Å². The van der Waals surface area contributed by atoms with Crippen LogP contribution in [0.25, 0.3) is 5.76 Å². The van der Waals surface area contributed by atoms with Crippen molar-refractivity contribution >= 4 is 35.8 Å². The second-order valence-corrected chi connectivity index (χ2v) is 7.74. The molecule has 0 saturated carbocycles. The number of nitrogens with zero attached hydrogens (tertiary/aromatic N) is 1. The Balaban J connectivity index is 0.000000758. The van der Waals surface area contributed by atoms with Gasteiger partial charge < -0.3 is 5.11 Å². The number of aliphatic imine (C=N–C) groups is 1. The molecule has 3 rings (SSSR count). The van der Waals surface area contributed by atoms with Crippen molar-refractivity contribution in [3.63, 3.8) is 0 Å². The molecule has 0 aliphatic carbocycles. The molecule has 2 nitrogen and oxygen atoms in total. The van der Waals surface area contributed by atoms with Crippen LogP contribution < -0.4 is 0 Å². The van der Waals surface area contributed by atoms with Crippen LogP contribution in [0.15, 0.2) is 102 Å². The third-order valence-corrected chi connectivity index (χ3v) is 3.42. The van der Waals surface area contributed by atoms with Gasteiger partial charge in [-0.25, -0.2) is 4.99 Å². The molecule has 0 amide bonds. The summed E-state index contributed by atoms with van der Waals surface area (Å²) in [6.07, 6.45) is 1.71. The normalized spacial score (nSPS) is 11.3. The van der Waals surface area contributed by atoms with Crippen molar-refractivity contribution in [3.05, 3.63) is 108 Å². The topological polar surface area (TPSA) is 32.6 Å². The number of hydrogen-bond acceptors (Lipinski definition) is 2. The number of benzene rings is 3. The number of halogens is 2. The maximum atomic E-state index is 10.4. The zero-order valence-electron chi connectivity index (χ0n) is 13.9. The van der Waals surface area contributed by atoms with E-state index in [1.165, 1.54) is 0 Å². The van der Waals surface area contributed by atoms with E-state index in [-0.39, 0.29) is 5.76 Å². The molecule has 3 aromatic rings. The number of para-hydroxylation sites is 1. The maximum absolute atomic E-state index is 10.4. The Kier molecular flexibility index (Phi) is 9.23. The Morgan fingerprint density at radius 2 is 1.15 bits per heavy atom. The first-order valence-corrected chi connectivity index (χ1v) is 12.2. The number of hydrogen-bond donors (Lipinski definition) is 1. The van der Waals surface area contributed by atoms with E-state index in [0.29, 0.717) is 0 Å². The van der Waals surface area contributed by atoms with Gasteiger partial charge in [-0.1, -0.05) is 78.9 Å². The van der Waals surface area contributed by atoms with E-state index in [1.807, 2.05) is 91.0 Å². The molecule has 0 atom stereocenters. The third-order valence-electron chi connectivity index (χ3n) is 3.42. The van der Waals surface area contributed by atoms with Gasteiger partial charge in [0.1, 0.15) is 5.76 Å². The zero-order chi connectivity index (χ0) is 18.6. The number of aliphatic hydroxyl groups excluding tert-OH is 1. The minimum atomic E-state index is -0.556. The fourth-order valence-electron chi connectivity index (χ4n) is 2.25. The van der Waals surface area contributed by atoms with Crippen LogP contribution in [-0.2, 0) is 17.0 Å². The first-order valence-electron chi connectivity index (χ1n) is 7.86. The molecular weight excluding hydrogens is 401 g/mol. The summed E-state index contributed by atoms with van der Waals surface area (Å²) in [7, 11) is 9.78. The summed E-state index contributed by atoms with van der Waals surface area (Å²) in [5.74, 6) is 0.198. The van der Waals surface area contributed by atoms with E-state index >= 15 is 0 Å². The Hall–Kier alpha value is -1.84. The SMILES string of the molecule is O/C(=C\C(=Nc1ccccc1)c1ccccc1)c1ccccc1.[Cl][Ti][Cl]. The molecule has 130 valence electrons. The molecular formula is C21H17Cl2NOTi. The van der Waals surface area contributed by atoms with Crippen molar-refractivity contribution in [1.82, 2.24) is 0 Å². The molecule has 26 heavy (non-hydrogen) atoms. The average Bonchev–Trinajstić information content (AvgIpc) is 2.70. The van der Waals surface area contributed by atoms with Crippen molar-refractivity contribution in [3.8, 4) is 0 Å². The van der Waals surface area contributed by atoms with Crippen LogP contribution in [0.4, 0.5) is 5.69 Å². The van der Waals surface area contributed by atoms with Gasteiger partial charge in [0.25, 0.3) is 0 Å². The van der Waals surface area contributed by atoms with Crippen LogP contribution in [0.2, 0.25) is 0 Å². The molecule has 0 aromatic heterocycles. The quantitative estimate of drug-likeness (QED) is 0.283. The summed E-state index contributed by atoms with van der Waals surface area (Å²) in [5.41, 5.74) is 3.30. The van der Waals surface area contributed by atoms with Gasteiger partial charge in [0, 0.05) is 17.2 Å². The van der Waals surface area contributed by atoms with Gasteiger partial charge in [-0.3, -0.25) is 0 Å². The van der Waals surface area contributed by atoms with E-state index in [0.717, 1.165) is 22.5 Å². The molecule has 0 heterocycles. The van der Waals surface area contributed by atoms with Gasteiger partial charge in [0.15, 0.2) is 0 Å². The molecule has 0 aliphatic heterocycles. The van der Waals surface area contributed by atoms with Crippen LogP contribution >= 0.6 is 18.6 Å². The van der Waals surface area contributed by atoms with Gasteiger partial charge in [-0.05, 0) is 12.1 Å². The second-order valence-electron chi connectivity index (χ2n) is 5.17. The van der Waals surface area contributed by atoms with E-state index in [1.54, 1.807) is 6.08 Å². The van der Waals surface area contributed by atoms with Gasteiger partial charge >= 0.3 is 35.6 Å². The van der Waals surface area contributed by atoms with Crippen LogP contribution in [0, 0.1) is 0 Å². The summed E-state index contributed by atoms with van der Waals surface area (Å²) < 4.78 is 0. The molecule has 0 spiro atoms. The minimum absolute atomic E-state index is 0.198. The summed E-state index contributed by atoms with van der Waals surface area (Å²) in [6.45, 7) is 0. The molecule has 0 saturated heterocycles. The van der Waals surface area contributed by atoms with Gasteiger partial charge in [-0.2, -0.15) is 0 Å². The average molecular weight is 418 g/mol. The zero-order valence-corrected chi connectivity index (χ0v) is 17.0. The Morgan fingerprint density at radius 3 is 1.65 bits per heavy atom. The fourth-order valence-corrected chi connectivity index (χ4v) is 2.25. The van der Waals surface area contributed by atoms with Crippen molar-refractivity contribution in [2.75, 3.05) is 0 Å². The summed E-state index contributed by atoms with van der Waals surface area (Å²) in [4.78, 5) is 4.67. The van der Waals surface area contributed by atoms with Gasteiger partial charge in [-0.15, -0.1) is 0 Å². The summed E-state index contributed by atoms with van der Waals surface area (Å²) >= 11 is -0.556. The first kappa shape index (κ1) is 20.5. The first-order chi connectivity index (χ1) is 12.7. The predicted octanol–water partition coefficient (Wildman–Crippen LogP) is 6.78. The molecule has 0 unspecified atom stereocenters. The monoisotopic (exact) mass is 417 g/mol. The number of allylic oxidation sites excluding steroid dienone is 1. The summed E-state index contributed by atoms with van der Waals surface area (Å²) in [5, 5.41) is 10.4. The van der Waals surface area contributed by atoms with Crippen LogP contribution in [0.3, 0.4) is 0 Å². The molecule has 0 fully saturated rings. The van der Waals surface area contributed by atoms with Crippen LogP contribution in [-0.4, -0.2) is 10.8 Å². The predicted molar refractivity (Wildman–Crippen MR) is 108 cm³/mol. The van der Waals surface area contributed by atoms with E-state index in [9.17, 15) is 5.11 Å². The molecule has 0 bridgehead atoms. The standard InChI is InChI=1S/C21H17NO.2ClH.Ti/c23-21(18-12-6-2-7-13-18)16-20(17-10-4-1-5-11-17)22-19-14-8-3-9-15-19;;;/h1-16,23H;2*1H;/q;;;+2/p-2/b21-16-,22-20?;;;. The second kappa shape index (κ2) is 11.7. The third kappa shape index (κ3) is 6.82. The Morgan fingerprint density at radius 1 is 0.731 bits per heavy atom. The van der Waals surface area contributed by atoms with Crippen molar-refractivity contribution in [2.24, 2.45) is 4.99 Å². The van der Waals surface area contributed by atoms with Crippen LogP contribution in [0.5, 0.6) is 0 Å². The van der Waals surface area contributed by atoms with Crippen molar-refractivity contribution in [1.29, 1.82) is 0 Å². The Labute approximate surface area is 170 Å². The van der Waals surface area contributed by atoms with Crippen molar-refractivity contribution < 1.29 is 22.1 Å². The van der Waals surface area contributed by atoms with Crippen molar-refractivity contribution in [2.45, 2.75) is 0 Å². The number of rotatable bonds is 4. The van der Waals surface area contributed by atoms with E-state index in [4.69, 9.17) is 18.6 Å². The van der Waals surface area contributed by atoms with Gasteiger partial charge in [0.05, 0.1) is 11.4 Å². The molecule has 1 N–H and O–H groups in total. The molecule has 5 heteroatoms. The van der Waals surface area contributed by atoms with Crippen LogP contribution in [0.1, 0.15) is 11.1 Å². The molecule has 3 aromatic carbocycles. The number of aliphatic hydroxyl groups is 1. The summed E-state index contributed by atoms with van der Waals surface area (Å²) in [6, 6.07) is 29.0. The molecule has 0 radical (unpaired) electrons. The fraction of sp³-hybridized carbons (Fsp3) is 0. The Bertz CT molecular complexity index is 838. The van der Waals surface area contributed by atoms with Gasteiger partial charge in [0.2, 0.25) is 0 Å².